The highest BCUT2D eigenvalue weighted by atomic mass is 16.5. The monoisotopic (exact) mass is 318 g/mol. The van der Waals surface area contributed by atoms with Crippen LogP contribution in [0.5, 0.6) is 5.75 Å². The topological polar surface area (TPSA) is 48.9 Å². The second-order valence-corrected chi connectivity index (χ2v) is 6.18. The van der Waals surface area contributed by atoms with Crippen molar-refractivity contribution in [2.24, 2.45) is 10.9 Å². The Labute approximate surface area is 140 Å². The summed E-state index contributed by atoms with van der Waals surface area (Å²) in [5.41, 5.74) is 0. The Morgan fingerprint density at radius 3 is 2.61 bits per heavy atom. The van der Waals surface area contributed by atoms with Gasteiger partial charge < -0.3 is 20.3 Å². The molecule has 1 aromatic rings. The maximum absolute atomic E-state index is 5.69. The van der Waals surface area contributed by atoms with Crippen molar-refractivity contribution in [1.82, 2.24) is 15.5 Å². The quantitative estimate of drug-likeness (QED) is 0.415. The van der Waals surface area contributed by atoms with Crippen LogP contribution in [0.1, 0.15) is 19.8 Å². The first-order valence-electron chi connectivity index (χ1n) is 8.57. The average Bonchev–Trinajstić information content (AvgIpc) is 3.37. The van der Waals surface area contributed by atoms with Crippen molar-refractivity contribution in [3.63, 3.8) is 0 Å². The normalized spacial score (nSPS) is 16.3. The number of rotatable bonds is 9. The van der Waals surface area contributed by atoms with E-state index in [4.69, 9.17) is 9.73 Å². The number of nitrogens with zero attached hydrogens (tertiary/aromatic N) is 2. The van der Waals surface area contributed by atoms with Gasteiger partial charge in [-0.1, -0.05) is 18.2 Å². The third kappa shape index (κ3) is 6.48. The van der Waals surface area contributed by atoms with Crippen LogP contribution in [0.4, 0.5) is 0 Å². The minimum Gasteiger partial charge on any atom is -0.492 e. The molecule has 2 rings (SSSR count). The Morgan fingerprint density at radius 2 is 2.00 bits per heavy atom. The molecule has 0 saturated heterocycles. The van der Waals surface area contributed by atoms with Gasteiger partial charge in [-0.15, -0.1) is 0 Å². The van der Waals surface area contributed by atoms with Crippen molar-refractivity contribution in [3.05, 3.63) is 30.3 Å². The van der Waals surface area contributed by atoms with Gasteiger partial charge in [-0.25, -0.2) is 0 Å². The second-order valence-electron chi connectivity index (χ2n) is 6.18. The number of guanidine groups is 1. The van der Waals surface area contributed by atoms with E-state index in [0.717, 1.165) is 37.3 Å². The molecule has 0 aromatic heterocycles. The van der Waals surface area contributed by atoms with Gasteiger partial charge >= 0.3 is 0 Å². The minimum absolute atomic E-state index is 0.547. The van der Waals surface area contributed by atoms with E-state index < -0.39 is 0 Å². The summed E-state index contributed by atoms with van der Waals surface area (Å²) in [4.78, 5) is 7.03. The molecule has 5 heteroatoms. The maximum atomic E-state index is 5.69. The molecule has 0 spiro atoms. The Bertz CT molecular complexity index is 469. The zero-order valence-electron chi connectivity index (χ0n) is 14.6. The maximum Gasteiger partial charge on any atom is 0.191 e. The first-order valence-corrected chi connectivity index (χ1v) is 8.57. The fourth-order valence-corrected chi connectivity index (χ4v) is 2.60. The van der Waals surface area contributed by atoms with E-state index in [1.165, 1.54) is 12.8 Å². The molecule has 2 N–H and O–H groups in total. The van der Waals surface area contributed by atoms with Crippen LogP contribution >= 0.6 is 0 Å². The molecular weight excluding hydrogens is 288 g/mol. The first-order chi connectivity index (χ1) is 11.2. The summed E-state index contributed by atoms with van der Waals surface area (Å²) < 4.78 is 5.69. The number of benzene rings is 1. The summed E-state index contributed by atoms with van der Waals surface area (Å²) in [6, 6.07) is 10.4. The molecule has 1 fully saturated rings. The van der Waals surface area contributed by atoms with Gasteiger partial charge in [0.2, 0.25) is 0 Å². The van der Waals surface area contributed by atoms with Crippen LogP contribution < -0.4 is 15.4 Å². The summed E-state index contributed by atoms with van der Waals surface area (Å²) in [6.45, 7) is 5.14. The Morgan fingerprint density at radius 1 is 1.26 bits per heavy atom. The molecule has 0 amide bonds. The number of hydrogen-bond acceptors (Lipinski definition) is 3. The molecule has 1 unspecified atom stereocenters. The summed E-state index contributed by atoms with van der Waals surface area (Å²) >= 11 is 0. The van der Waals surface area contributed by atoms with E-state index in [2.05, 4.69) is 36.6 Å². The minimum atomic E-state index is 0.547. The van der Waals surface area contributed by atoms with Crippen LogP contribution in [-0.2, 0) is 0 Å². The zero-order chi connectivity index (χ0) is 16.5. The Kier molecular flexibility index (Phi) is 7.20. The van der Waals surface area contributed by atoms with E-state index in [0.29, 0.717) is 12.6 Å². The fraction of sp³-hybridized carbons (Fsp3) is 0.611. The average molecular weight is 318 g/mol. The number of hydrogen-bond donors (Lipinski definition) is 2. The highest BCUT2D eigenvalue weighted by Gasteiger charge is 2.32. The van der Waals surface area contributed by atoms with E-state index in [1.807, 2.05) is 30.3 Å². The van der Waals surface area contributed by atoms with E-state index >= 15 is 0 Å². The molecule has 128 valence electrons. The van der Waals surface area contributed by atoms with Gasteiger partial charge in [-0.3, -0.25) is 4.99 Å². The molecule has 1 atom stereocenters. The van der Waals surface area contributed by atoms with E-state index in [-0.39, 0.29) is 0 Å². The zero-order valence-corrected chi connectivity index (χ0v) is 14.6. The SMILES string of the molecule is CCNC(=NCC(C1CC1)N(C)C)NCCOc1ccccc1. The molecule has 0 radical (unpaired) electrons. The third-order valence-corrected chi connectivity index (χ3v) is 4.02. The smallest absolute Gasteiger partial charge is 0.191 e. The number of nitrogens with one attached hydrogen (secondary N) is 2. The number of ether oxygens (including phenoxy) is 1. The van der Waals surface area contributed by atoms with Crippen molar-refractivity contribution >= 4 is 5.96 Å². The standard InChI is InChI=1S/C18H30N4O/c1-4-19-18(21-14-17(22(2)3)15-10-11-15)20-12-13-23-16-8-6-5-7-9-16/h5-9,15,17H,4,10-14H2,1-3H3,(H2,19,20,21). The van der Waals surface area contributed by atoms with Gasteiger partial charge in [-0.2, -0.15) is 0 Å². The van der Waals surface area contributed by atoms with Crippen LogP contribution in [0.25, 0.3) is 0 Å². The molecular formula is C18H30N4O. The molecule has 0 heterocycles. The summed E-state index contributed by atoms with van der Waals surface area (Å²) in [5.74, 6) is 2.59. The molecule has 5 nitrogen and oxygen atoms in total. The van der Waals surface area contributed by atoms with Crippen molar-refractivity contribution in [2.75, 3.05) is 40.3 Å². The van der Waals surface area contributed by atoms with E-state index in [9.17, 15) is 0 Å². The fourth-order valence-electron chi connectivity index (χ4n) is 2.60. The third-order valence-electron chi connectivity index (χ3n) is 4.02. The molecule has 23 heavy (non-hydrogen) atoms. The van der Waals surface area contributed by atoms with E-state index in [1.54, 1.807) is 0 Å². The van der Waals surface area contributed by atoms with Gasteiger partial charge in [0.1, 0.15) is 12.4 Å². The first kappa shape index (κ1) is 17.6. The molecule has 1 saturated carbocycles. The van der Waals surface area contributed by atoms with Crippen molar-refractivity contribution in [3.8, 4) is 5.75 Å². The Hall–Kier alpha value is -1.75. The molecule has 0 bridgehead atoms. The molecule has 1 aliphatic carbocycles. The van der Waals surface area contributed by atoms with Gasteiger partial charge in [0.15, 0.2) is 5.96 Å². The largest absolute Gasteiger partial charge is 0.492 e. The predicted octanol–water partition coefficient (Wildman–Crippen LogP) is 1.96. The molecule has 0 aliphatic heterocycles. The summed E-state index contributed by atoms with van der Waals surface area (Å²) in [5, 5.41) is 6.64. The van der Waals surface area contributed by atoms with Crippen molar-refractivity contribution in [2.45, 2.75) is 25.8 Å². The predicted molar refractivity (Wildman–Crippen MR) is 96.1 cm³/mol. The lowest BCUT2D eigenvalue weighted by Gasteiger charge is -2.23. The Balaban J connectivity index is 1.74. The summed E-state index contributed by atoms with van der Waals surface area (Å²) in [7, 11) is 4.29. The van der Waals surface area contributed by atoms with Crippen LogP contribution in [-0.4, -0.2) is 57.2 Å². The van der Waals surface area contributed by atoms with Gasteiger partial charge in [0.05, 0.1) is 13.1 Å². The molecule has 1 aromatic carbocycles. The van der Waals surface area contributed by atoms with Gasteiger partial charge in [-0.05, 0) is 51.9 Å². The molecule has 1 aliphatic rings. The van der Waals surface area contributed by atoms with Gasteiger partial charge in [0.25, 0.3) is 0 Å². The van der Waals surface area contributed by atoms with Crippen LogP contribution in [0.2, 0.25) is 0 Å². The highest BCUT2D eigenvalue weighted by molar-refractivity contribution is 5.79. The lowest BCUT2D eigenvalue weighted by atomic mass is 10.2. The lowest BCUT2D eigenvalue weighted by Crippen LogP contribution is -2.41. The van der Waals surface area contributed by atoms with Crippen LogP contribution in [0, 0.1) is 5.92 Å². The summed E-state index contributed by atoms with van der Waals surface area (Å²) in [6.07, 6.45) is 2.68. The lowest BCUT2D eigenvalue weighted by molar-refractivity contribution is 0.271. The van der Waals surface area contributed by atoms with Crippen LogP contribution in [0.15, 0.2) is 35.3 Å². The second kappa shape index (κ2) is 9.40. The number of aliphatic imine (C=N–C) groups is 1. The number of likely N-dealkylation sites (N-methyl/N-ethyl adjacent to an activating group) is 1. The number of para-hydroxylation sites is 1. The van der Waals surface area contributed by atoms with Gasteiger partial charge in [0, 0.05) is 12.6 Å². The van der Waals surface area contributed by atoms with Crippen molar-refractivity contribution in [1.29, 1.82) is 0 Å². The van der Waals surface area contributed by atoms with Crippen LogP contribution in [0.3, 0.4) is 0 Å². The van der Waals surface area contributed by atoms with Crippen molar-refractivity contribution < 1.29 is 4.74 Å². The highest BCUT2D eigenvalue weighted by Crippen LogP contribution is 2.34.